The lowest BCUT2D eigenvalue weighted by molar-refractivity contribution is -0.159. The maximum absolute atomic E-state index is 12.1. The van der Waals surface area contributed by atoms with Gasteiger partial charge < -0.3 is 36.3 Å². The van der Waals surface area contributed by atoms with E-state index in [1.165, 1.54) is 6.92 Å². The van der Waals surface area contributed by atoms with Gasteiger partial charge in [0.2, 0.25) is 11.8 Å². The molecule has 1 aromatic heterocycles. The molecule has 0 aliphatic rings. The van der Waals surface area contributed by atoms with Crippen LogP contribution in [-0.2, 0) is 35.1 Å². The largest absolute Gasteiger partial charge is 0.473 e. The Hall–Kier alpha value is -3.93. The fraction of sp³-hybridized carbons (Fsp3) is 0.350. The van der Waals surface area contributed by atoms with Crippen LogP contribution < -0.4 is 16.4 Å². The summed E-state index contributed by atoms with van der Waals surface area (Å²) < 4.78 is 4.80. The van der Waals surface area contributed by atoms with Crippen molar-refractivity contribution in [3.8, 4) is 0 Å². The van der Waals surface area contributed by atoms with Crippen LogP contribution in [0.2, 0.25) is 0 Å². The monoisotopic (exact) mass is 450 g/mol. The second kappa shape index (κ2) is 12.7. The molecule has 0 radical (unpaired) electrons. The number of carboxylic acid groups (broad SMARTS) is 2. The van der Waals surface area contributed by atoms with Gasteiger partial charge in [-0.25, -0.2) is 14.4 Å². The number of H-pyrrole nitrogens is 1. The zero-order valence-corrected chi connectivity index (χ0v) is 17.6. The maximum atomic E-state index is 12.1. The lowest BCUT2D eigenvalue weighted by atomic mass is 10.1. The number of benzene rings is 1. The van der Waals surface area contributed by atoms with E-state index in [0.29, 0.717) is 6.42 Å². The van der Waals surface area contributed by atoms with Gasteiger partial charge in [-0.1, -0.05) is 18.2 Å². The molecule has 32 heavy (non-hydrogen) atoms. The zero-order valence-electron chi connectivity index (χ0n) is 17.6. The van der Waals surface area contributed by atoms with Crippen molar-refractivity contribution in [2.75, 3.05) is 13.2 Å². The van der Waals surface area contributed by atoms with Crippen LogP contribution in [-0.4, -0.2) is 70.2 Å². The zero-order chi connectivity index (χ0) is 24.3. The van der Waals surface area contributed by atoms with E-state index in [1.54, 1.807) is 6.92 Å². The Bertz CT molecular complexity index is 959. The fourth-order valence-corrected chi connectivity index (χ4v) is 2.55. The number of aromatic nitrogens is 1. The number of nitrogens with two attached hydrogens (primary N) is 1. The van der Waals surface area contributed by atoms with Crippen LogP contribution in [0.1, 0.15) is 19.4 Å². The Kier molecular flexibility index (Phi) is 10.4. The summed E-state index contributed by atoms with van der Waals surface area (Å²) in [5.41, 5.74) is 7.85. The number of ether oxygens (including phenoxy) is 1. The first kappa shape index (κ1) is 26.1. The second-order valence-electron chi connectivity index (χ2n) is 6.54. The molecule has 2 atom stereocenters. The van der Waals surface area contributed by atoms with Crippen molar-refractivity contribution < 1.29 is 38.9 Å². The van der Waals surface area contributed by atoms with Crippen LogP contribution in [0.15, 0.2) is 30.5 Å². The highest BCUT2D eigenvalue weighted by Gasteiger charge is 2.19. The van der Waals surface area contributed by atoms with Crippen molar-refractivity contribution in [2.45, 2.75) is 32.4 Å². The molecule has 0 saturated carbocycles. The number of carbonyl (C=O) groups is 5. The molecular formula is C20H26N4O8. The normalized spacial score (nSPS) is 12.0. The minimum absolute atomic E-state index is 0.235. The van der Waals surface area contributed by atoms with Gasteiger partial charge >= 0.3 is 17.9 Å². The van der Waals surface area contributed by atoms with E-state index in [0.717, 1.165) is 16.5 Å². The molecule has 2 aromatic rings. The number of carboxylic acids is 2. The summed E-state index contributed by atoms with van der Waals surface area (Å²) in [5.74, 6) is -5.10. The van der Waals surface area contributed by atoms with Crippen molar-refractivity contribution in [1.29, 1.82) is 0 Å². The third-order valence-electron chi connectivity index (χ3n) is 4.08. The molecule has 1 heterocycles. The van der Waals surface area contributed by atoms with Gasteiger partial charge in [-0.3, -0.25) is 9.59 Å². The topological polar surface area (TPSA) is 201 Å². The SMILES string of the molecule is CCOC(=O)[C@@H](C)NC(=O)CNC(=O)[C@H](N)Cc1c[nH]c2ccccc12.O=C(O)C(=O)O. The third kappa shape index (κ3) is 8.44. The lowest BCUT2D eigenvalue weighted by Gasteiger charge is -2.14. The Labute approximate surface area is 183 Å². The molecule has 2 rings (SSSR count). The highest BCUT2D eigenvalue weighted by Crippen LogP contribution is 2.18. The minimum Gasteiger partial charge on any atom is -0.473 e. The highest BCUT2D eigenvalue weighted by atomic mass is 16.5. The van der Waals surface area contributed by atoms with Gasteiger partial charge in [0.25, 0.3) is 0 Å². The van der Waals surface area contributed by atoms with Crippen molar-refractivity contribution >= 4 is 40.6 Å². The molecule has 1 aromatic carbocycles. The van der Waals surface area contributed by atoms with E-state index in [9.17, 15) is 14.4 Å². The Balaban J connectivity index is 0.000000751. The number of carbonyl (C=O) groups excluding carboxylic acids is 3. The van der Waals surface area contributed by atoms with Crippen LogP contribution in [0, 0.1) is 0 Å². The lowest BCUT2D eigenvalue weighted by Crippen LogP contribution is -2.48. The molecule has 0 saturated heterocycles. The van der Waals surface area contributed by atoms with Gasteiger partial charge in [0.05, 0.1) is 19.2 Å². The van der Waals surface area contributed by atoms with Gasteiger partial charge in [0, 0.05) is 17.1 Å². The predicted octanol–water partition coefficient (Wildman–Crippen LogP) is -0.623. The molecule has 0 bridgehead atoms. The minimum atomic E-state index is -1.82. The van der Waals surface area contributed by atoms with E-state index in [4.69, 9.17) is 30.3 Å². The van der Waals surface area contributed by atoms with Crippen LogP contribution in [0.5, 0.6) is 0 Å². The maximum Gasteiger partial charge on any atom is 0.414 e. The first-order valence-electron chi connectivity index (χ1n) is 9.57. The van der Waals surface area contributed by atoms with Crippen LogP contribution in [0.25, 0.3) is 10.9 Å². The molecule has 2 amide bonds. The van der Waals surface area contributed by atoms with Crippen molar-refractivity contribution in [3.05, 3.63) is 36.0 Å². The second-order valence-corrected chi connectivity index (χ2v) is 6.54. The summed E-state index contributed by atoms with van der Waals surface area (Å²) in [5, 5.41) is 20.7. The summed E-state index contributed by atoms with van der Waals surface area (Å²) in [6.07, 6.45) is 2.17. The number of esters is 1. The van der Waals surface area contributed by atoms with Crippen molar-refractivity contribution in [2.24, 2.45) is 5.73 Å². The molecule has 12 nitrogen and oxygen atoms in total. The summed E-state index contributed by atoms with van der Waals surface area (Å²) in [6.45, 7) is 3.17. The molecule has 0 spiro atoms. The van der Waals surface area contributed by atoms with Crippen LogP contribution in [0.4, 0.5) is 0 Å². The number of amides is 2. The number of hydrogen-bond acceptors (Lipinski definition) is 7. The Morgan fingerprint density at radius 1 is 1.12 bits per heavy atom. The first-order valence-corrected chi connectivity index (χ1v) is 9.57. The number of para-hydroxylation sites is 1. The van der Waals surface area contributed by atoms with E-state index in [1.807, 2.05) is 30.5 Å². The van der Waals surface area contributed by atoms with Gasteiger partial charge in [-0.2, -0.15) is 0 Å². The Morgan fingerprint density at radius 3 is 2.34 bits per heavy atom. The molecule has 0 aliphatic carbocycles. The standard InChI is InChI=1S/C18H24N4O4.C2H2O4/c1-3-26-18(25)11(2)22-16(23)10-21-17(24)14(19)8-12-9-20-15-7-5-4-6-13(12)15;3-1(4)2(5)6/h4-7,9,11,14,20H,3,8,10,19H2,1-2H3,(H,21,24)(H,22,23);(H,3,4)(H,5,6)/t11-,14-;/m1./s1. The van der Waals surface area contributed by atoms with E-state index in [2.05, 4.69) is 15.6 Å². The van der Waals surface area contributed by atoms with Crippen molar-refractivity contribution in [3.63, 3.8) is 0 Å². The van der Waals surface area contributed by atoms with E-state index >= 15 is 0 Å². The molecule has 174 valence electrons. The number of aromatic amines is 1. The molecular weight excluding hydrogens is 424 g/mol. The summed E-state index contributed by atoms with van der Waals surface area (Å²) >= 11 is 0. The Morgan fingerprint density at radius 2 is 1.75 bits per heavy atom. The van der Waals surface area contributed by atoms with Gasteiger partial charge in [-0.15, -0.1) is 0 Å². The van der Waals surface area contributed by atoms with Crippen LogP contribution in [0.3, 0.4) is 0 Å². The first-order chi connectivity index (χ1) is 15.1. The van der Waals surface area contributed by atoms with Gasteiger partial charge in [-0.05, 0) is 31.9 Å². The number of rotatable bonds is 8. The van der Waals surface area contributed by atoms with Crippen LogP contribution >= 0.6 is 0 Å². The quantitative estimate of drug-likeness (QED) is 0.224. The average molecular weight is 450 g/mol. The molecule has 7 N–H and O–H groups in total. The number of fused-ring (bicyclic) bond motifs is 1. The molecule has 0 unspecified atom stereocenters. The van der Waals surface area contributed by atoms with Gasteiger partial charge in [0.1, 0.15) is 6.04 Å². The number of aliphatic carboxylic acids is 2. The summed E-state index contributed by atoms with van der Waals surface area (Å²) in [7, 11) is 0. The predicted molar refractivity (Wildman–Crippen MR) is 112 cm³/mol. The van der Waals surface area contributed by atoms with E-state index < -0.39 is 41.8 Å². The molecule has 0 aliphatic heterocycles. The van der Waals surface area contributed by atoms with Gasteiger partial charge in [0.15, 0.2) is 0 Å². The molecule has 12 heteroatoms. The highest BCUT2D eigenvalue weighted by molar-refractivity contribution is 6.27. The molecule has 0 fully saturated rings. The summed E-state index contributed by atoms with van der Waals surface area (Å²) in [6, 6.07) is 6.17. The fourth-order valence-electron chi connectivity index (χ4n) is 2.55. The average Bonchev–Trinajstić information content (AvgIpc) is 3.15. The van der Waals surface area contributed by atoms with E-state index in [-0.39, 0.29) is 13.2 Å². The third-order valence-corrected chi connectivity index (χ3v) is 4.08. The number of nitrogens with one attached hydrogen (secondary N) is 3. The van der Waals surface area contributed by atoms with Crippen molar-refractivity contribution in [1.82, 2.24) is 15.6 Å². The summed E-state index contributed by atoms with van der Waals surface area (Å²) in [4.78, 5) is 56.7. The number of hydrogen-bond donors (Lipinski definition) is 6. The smallest absolute Gasteiger partial charge is 0.414 e.